The van der Waals surface area contributed by atoms with Gasteiger partial charge in [-0.2, -0.15) is 0 Å². The van der Waals surface area contributed by atoms with Crippen molar-refractivity contribution in [1.29, 1.82) is 0 Å². The number of ether oxygens (including phenoxy) is 6. The number of hydrogen-bond donors (Lipinski definition) is 13. The van der Waals surface area contributed by atoms with E-state index in [-0.39, 0.29) is 19.5 Å². The zero-order valence-electron chi connectivity index (χ0n) is 22.8. The summed E-state index contributed by atoms with van der Waals surface area (Å²) in [6.07, 6.45) is -19.8. The van der Waals surface area contributed by atoms with Gasteiger partial charge in [-0.25, -0.2) is 0 Å². The first-order valence-electron chi connectivity index (χ1n) is 13.9. The second-order valence-corrected chi connectivity index (χ2v) is 11.2. The average molecular weight is 615 g/mol. The lowest BCUT2D eigenvalue weighted by atomic mass is 9.84. The van der Waals surface area contributed by atoms with Crippen molar-refractivity contribution in [2.24, 2.45) is 34.4 Å². The van der Waals surface area contributed by atoms with Gasteiger partial charge in [0.05, 0.1) is 24.8 Å². The van der Waals surface area contributed by atoms with E-state index >= 15 is 0 Å². The smallest absolute Gasteiger partial charge is 0.187 e. The van der Waals surface area contributed by atoms with Crippen LogP contribution in [-0.4, -0.2) is 172 Å². The minimum absolute atomic E-state index is 0.0889. The van der Waals surface area contributed by atoms with E-state index < -0.39 is 123 Å². The number of aliphatic hydroxyl groups excluding tert-OH is 7. The quantitative estimate of drug-likeness (QED) is 0.115. The summed E-state index contributed by atoms with van der Waals surface area (Å²) in [7, 11) is 0. The highest BCUT2D eigenvalue weighted by Crippen LogP contribution is 2.34. The summed E-state index contributed by atoms with van der Waals surface area (Å²) >= 11 is 0. The maximum Gasteiger partial charge on any atom is 0.187 e. The molecule has 3 heterocycles. The molecule has 19 heteroatoms. The largest absolute Gasteiger partial charge is 0.394 e. The van der Waals surface area contributed by atoms with Gasteiger partial charge in [-0.05, 0) is 6.42 Å². The lowest BCUT2D eigenvalue weighted by Crippen LogP contribution is -2.68. The minimum atomic E-state index is -1.60. The van der Waals surface area contributed by atoms with Crippen molar-refractivity contribution in [3.05, 3.63) is 0 Å². The molecule has 0 spiro atoms. The second kappa shape index (κ2) is 14.1. The number of aliphatic hydroxyl groups is 7. The van der Waals surface area contributed by atoms with Gasteiger partial charge >= 0.3 is 0 Å². The molecule has 0 bridgehead atoms. The van der Waals surface area contributed by atoms with Crippen molar-refractivity contribution in [3.8, 4) is 0 Å². The molecule has 19 nitrogen and oxygen atoms in total. The fraction of sp³-hybridized carbons (Fsp3) is 1.00. The molecule has 246 valence electrons. The SMILES string of the molecule is NC[C@@H]1O[C@@H](O[C@H]2[C@H](O[C@@H]3O[C@H](CO)[C@@H](O[C@@H]4O[C@@H](CN)[C@@H](O)[C@H](O)[C@H]4N)[C@H]3O)[C@@H](O)[C@H](N)C[C@@H]2N)[C@@H](N)[C@H](O)[C@H]1O. The van der Waals surface area contributed by atoms with Crippen molar-refractivity contribution < 1.29 is 64.2 Å². The number of rotatable bonds is 9. The van der Waals surface area contributed by atoms with E-state index in [0.29, 0.717) is 0 Å². The Morgan fingerprint density at radius 1 is 0.524 bits per heavy atom. The molecule has 19 atom stereocenters. The van der Waals surface area contributed by atoms with Gasteiger partial charge in [0.25, 0.3) is 0 Å². The molecule has 4 aliphatic rings. The average Bonchev–Trinajstić information content (AvgIpc) is 3.27. The summed E-state index contributed by atoms with van der Waals surface area (Å²) in [6, 6.07) is -4.18. The zero-order valence-corrected chi connectivity index (χ0v) is 22.8. The third-order valence-electron chi connectivity index (χ3n) is 8.37. The summed E-state index contributed by atoms with van der Waals surface area (Å²) < 4.78 is 34.6. The molecule has 19 N–H and O–H groups in total. The number of hydrogen-bond acceptors (Lipinski definition) is 19. The van der Waals surface area contributed by atoms with Gasteiger partial charge in [-0.1, -0.05) is 0 Å². The van der Waals surface area contributed by atoms with Crippen LogP contribution >= 0.6 is 0 Å². The maximum absolute atomic E-state index is 11.1. The van der Waals surface area contributed by atoms with Gasteiger partial charge in [0.15, 0.2) is 18.9 Å². The van der Waals surface area contributed by atoms with Crippen LogP contribution in [0, 0.1) is 0 Å². The molecule has 0 amide bonds. The molecule has 3 saturated heterocycles. The van der Waals surface area contributed by atoms with Gasteiger partial charge in [-0.3, -0.25) is 0 Å². The third kappa shape index (κ3) is 6.60. The highest BCUT2D eigenvalue weighted by molar-refractivity contribution is 5.02. The van der Waals surface area contributed by atoms with Gasteiger partial charge in [-0.15, -0.1) is 0 Å². The van der Waals surface area contributed by atoms with Crippen molar-refractivity contribution >= 4 is 0 Å². The molecule has 1 aliphatic carbocycles. The first-order chi connectivity index (χ1) is 19.8. The Bertz CT molecular complexity index is 868. The van der Waals surface area contributed by atoms with Crippen LogP contribution in [-0.2, 0) is 28.4 Å². The lowest BCUT2D eigenvalue weighted by molar-refractivity contribution is -0.306. The van der Waals surface area contributed by atoms with Crippen molar-refractivity contribution in [1.82, 2.24) is 0 Å². The fourth-order valence-electron chi connectivity index (χ4n) is 5.74. The summed E-state index contributed by atoms with van der Waals surface area (Å²) in [4.78, 5) is 0. The van der Waals surface area contributed by atoms with Crippen LogP contribution in [0.1, 0.15) is 6.42 Å². The summed E-state index contributed by atoms with van der Waals surface area (Å²) in [5, 5.41) is 73.0. The Morgan fingerprint density at radius 3 is 1.45 bits per heavy atom. The van der Waals surface area contributed by atoms with Crippen LogP contribution < -0.4 is 34.4 Å². The van der Waals surface area contributed by atoms with E-state index in [9.17, 15) is 35.7 Å². The molecular weight excluding hydrogens is 568 g/mol. The molecule has 4 rings (SSSR count). The van der Waals surface area contributed by atoms with Gasteiger partial charge in [0.1, 0.15) is 67.1 Å². The van der Waals surface area contributed by atoms with E-state index in [1.54, 1.807) is 0 Å². The summed E-state index contributed by atoms with van der Waals surface area (Å²) in [5.41, 5.74) is 35.6. The van der Waals surface area contributed by atoms with E-state index in [4.69, 9.17) is 62.8 Å². The van der Waals surface area contributed by atoms with Crippen LogP contribution in [0.4, 0.5) is 0 Å². The van der Waals surface area contributed by atoms with Gasteiger partial charge in [0.2, 0.25) is 0 Å². The molecule has 42 heavy (non-hydrogen) atoms. The van der Waals surface area contributed by atoms with Crippen LogP contribution in [0.15, 0.2) is 0 Å². The molecule has 0 aromatic carbocycles. The van der Waals surface area contributed by atoms with Crippen molar-refractivity contribution in [2.45, 2.75) is 123 Å². The normalized spacial score (nSPS) is 53.8. The Balaban J connectivity index is 1.50. The van der Waals surface area contributed by atoms with Crippen LogP contribution in [0.25, 0.3) is 0 Å². The van der Waals surface area contributed by atoms with E-state index in [0.717, 1.165) is 0 Å². The standard InChI is InChI=1S/C23H46N6O13/c24-2-7-13(32)15(34)10(28)21(37-7)40-18-6(27)1-5(26)12(31)20(18)42-23-17(36)19(9(4-30)39-23)41-22-11(29)16(35)14(33)8(3-25)38-22/h5-23,30-36H,1-4,24-29H2/t5-,6+,7+,8+,9-,10+,11-,12+,13+,14-,15+,16-,17-,18-,19-,20-,21+,22+,23+/m1/s1. The van der Waals surface area contributed by atoms with Gasteiger partial charge < -0.3 is 98.6 Å². The Kier molecular flexibility index (Phi) is 11.5. The van der Waals surface area contributed by atoms with Crippen molar-refractivity contribution in [2.75, 3.05) is 19.7 Å². The van der Waals surface area contributed by atoms with Crippen LogP contribution in [0.2, 0.25) is 0 Å². The fourth-order valence-corrected chi connectivity index (χ4v) is 5.74. The monoisotopic (exact) mass is 614 g/mol. The van der Waals surface area contributed by atoms with Crippen molar-refractivity contribution in [3.63, 3.8) is 0 Å². The summed E-state index contributed by atoms with van der Waals surface area (Å²) in [6.45, 7) is -0.967. The van der Waals surface area contributed by atoms with E-state index in [1.165, 1.54) is 0 Å². The first-order valence-corrected chi connectivity index (χ1v) is 13.9. The molecular formula is C23H46N6O13. The van der Waals surface area contributed by atoms with E-state index in [2.05, 4.69) is 0 Å². The molecule has 4 fully saturated rings. The minimum Gasteiger partial charge on any atom is -0.394 e. The Labute approximate surface area is 241 Å². The Morgan fingerprint density at radius 2 is 0.976 bits per heavy atom. The lowest BCUT2D eigenvalue weighted by Gasteiger charge is -2.47. The molecule has 0 unspecified atom stereocenters. The second-order valence-electron chi connectivity index (χ2n) is 11.2. The highest BCUT2D eigenvalue weighted by atomic mass is 16.8. The molecule has 1 saturated carbocycles. The first kappa shape index (κ1) is 34.1. The van der Waals surface area contributed by atoms with E-state index in [1.807, 2.05) is 0 Å². The van der Waals surface area contributed by atoms with Gasteiger partial charge in [0, 0.05) is 25.2 Å². The predicted octanol–water partition coefficient (Wildman–Crippen LogP) is -8.90. The molecule has 0 radical (unpaired) electrons. The summed E-state index contributed by atoms with van der Waals surface area (Å²) in [5.74, 6) is 0. The highest BCUT2D eigenvalue weighted by Gasteiger charge is 2.54. The predicted molar refractivity (Wildman–Crippen MR) is 138 cm³/mol. The molecule has 3 aliphatic heterocycles. The molecule has 0 aromatic heterocycles. The van der Waals surface area contributed by atoms with Crippen LogP contribution in [0.5, 0.6) is 0 Å². The number of nitrogens with two attached hydrogens (primary N) is 6. The van der Waals surface area contributed by atoms with Crippen LogP contribution in [0.3, 0.4) is 0 Å². The Hall–Kier alpha value is -0.760. The molecule has 0 aromatic rings. The topological polar surface area (TPSA) is 353 Å². The third-order valence-corrected chi connectivity index (χ3v) is 8.37. The zero-order chi connectivity index (χ0) is 31.0. The maximum atomic E-state index is 11.1.